The zero-order valence-electron chi connectivity index (χ0n) is 17.5. The van der Waals surface area contributed by atoms with Crippen molar-refractivity contribution in [2.24, 2.45) is 4.99 Å². The molecule has 0 spiro atoms. The van der Waals surface area contributed by atoms with Crippen LogP contribution in [0.5, 0.6) is 0 Å². The molecule has 2 aromatic rings. The van der Waals surface area contributed by atoms with E-state index in [1.54, 1.807) is 30.3 Å². The van der Waals surface area contributed by atoms with Crippen LogP contribution in [0.4, 0.5) is 30.6 Å². The molecule has 1 heterocycles. The number of unbranched alkanes of at least 4 members (excludes halogenated alkanes) is 1. The summed E-state index contributed by atoms with van der Waals surface area (Å²) in [6.07, 6.45) is 1.15. The van der Waals surface area contributed by atoms with Gasteiger partial charge in [0.15, 0.2) is 5.82 Å². The van der Waals surface area contributed by atoms with Crippen molar-refractivity contribution in [2.45, 2.75) is 32.9 Å². The van der Waals surface area contributed by atoms with E-state index in [2.05, 4.69) is 21.9 Å². The van der Waals surface area contributed by atoms with Gasteiger partial charge in [-0.2, -0.15) is 18.2 Å². The predicted octanol–water partition coefficient (Wildman–Crippen LogP) is 5.21. The summed E-state index contributed by atoms with van der Waals surface area (Å²) in [4.78, 5) is 27.3. The molecule has 0 aliphatic carbocycles. The standard InChI is InChI=1S/C22H25F3N5O/c1-4-7-14-26-19-18(16-27-21(28-19)29(5-2)6-3)30(20(31)22(23,24)25)15-13-17-11-9-8-10-12-17/h8-16H,1,4-7H2,2-3H3. The summed E-state index contributed by atoms with van der Waals surface area (Å²) < 4.78 is 40.0. The number of carbonyl (C=O) groups excluding carboxylic acids is 1. The second kappa shape index (κ2) is 11.2. The molecule has 31 heavy (non-hydrogen) atoms. The van der Waals surface area contributed by atoms with E-state index >= 15 is 0 Å². The molecule has 2 rings (SSSR count). The first kappa shape index (κ1) is 24.0. The monoisotopic (exact) mass is 432 g/mol. The molecule has 1 aromatic carbocycles. The van der Waals surface area contributed by atoms with Crippen LogP contribution in [0.3, 0.4) is 0 Å². The molecule has 0 saturated heterocycles. The Bertz CT molecular complexity index is 909. The topological polar surface area (TPSA) is 61.7 Å². The van der Waals surface area contributed by atoms with Crippen molar-refractivity contribution in [1.82, 2.24) is 9.97 Å². The van der Waals surface area contributed by atoms with Crippen LogP contribution in [0, 0.1) is 6.92 Å². The Hall–Kier alpha value is -3.23. The smallest absolute Gasteiger partial charge is 0.341 e. The van der Waals surface area contributed by atoms with E-state index in [4.69, 9.17) is 0 Å². The lowest BCUT2D eigenvalue weighted by Gasteiger charge is -2.23. The third kappa shape index (κ3) is 6.63. The van der Waals surface area contributed by atoms with Crippen LogP contribution in [-0.4, -0.2) is 41.4 Å². The molecule has 0 aliphatic heterocycles. The largest absolute Gasteiger partial charge is 0.472 e. The molecule has 0 unspecified atom stereocenters. The number of aliphatic imine (C=N–C) groups is 1. The molecule has 0 aliphatic rings. The van der Waals surface area contributed by atoms with E-state index in [9.17, 15) is 18.0 Å². The highest BCUT2D eigenvalue weighted by atomic mass is 19.4. The highest BCUT2D eigenvalue weighted by Gasteiger charge is 2.43. The van der Waals surface area contributed by atoms with E-state index in [0.29, 0.717) is 42.3 Å². The Morgan fingerprint density at radius 1 is 1.19 bits per heavy atom. The first-order valence-corrected chi connectivity index (χ1v) is 9.89. The van der Waals surface area contributed by atoms with E-state index in [0.717, 1.165) is 6.20 Å². The fourth-order valence-electron chi connectivity index (χ4n) is 2.64. The number of alkyl halides is 3. The van der Waals surface area contributed by atoms with Crippen LogP contribution in [0.2, 0.25) is 0 Å². The number of anilines is 2. The predicted molar refractivity (Wildman–Crippen MR) is 117 cm³/mol. The molecular formula is C22H25F3N5O. The molecule has 1 amide bonds. The fourth-order valence-corrected chi connectivity index (χ4v) is 2.64. The molecule has 0 saturated carbocycles. The van der Waals surface area contributed by atoms with Crippen molar-refractivity contribution in [2.75, 3.05) is 22.9 Å². The van der Waals surface area contributed by atoms with Crippen molar-refractivity contribution in [3.8, 4) is 0 Å². The number of rotatable bonds is 9. The van der Waals surface area contributed by atoms with Crippen molar-refractivity contribution in [3.63, 3.8) is 0 Å². The van der Waals surface area contributed by atoms with Crippen LogP contribution in [0.25, 0.3) is 6.08 Å². The summed E-state index contributed by atoms with van der Waals surface area (Å²) in [5, 5.41) is 0. The number of halogens is 3. The normalized spacial score (nSPS) is 11.9. The average molecular weight is 432 g/mol. The lowest BCUT2D eigenvalue weighted by molar-refractivity contribution is -0.169. The first-order valence-electron chi connectivity index (χ1n) is 9.89. The van der Waals surface area contributed by atoms with Crippen molar-refractivity contribution in [1.29, 1.82) is 0 Å². The SMILES string of the molecule is [CH2]CCC=Nc1nc(N(CC)CC)ncc1N(C=Cc1ccccc1)C(=O)C(F)(F)F. The zero-order chi connectivity index (χ0) is 22.9. The summed E-state index contributed by atoms with van der Waals surface area (Å²) in [7, 11) is 0. The third-order valence-electron chi connectivity index (χ3n) is 4.27. The molecule has 0 atom stereocenters. The summed E-state index contributed by atoms with van der Waals surface area (Å²) in [6.45, 7) is 8.75. The molecule has 0 N–H and O–H groups in total. The number of aromatic nitrogens is 2. The minimum Gasteiger partial charge on any atom is -0.341 e. The molecule has 6 nitrogen and oxygen atoms in total. The van der Waals surface area contributed by atoms with Gasteiger partial charge >= 0.3 is 12.1 Å². The average Bonchev–Trinajstić information content (AvgIpc) is 2.76. The van der Waals surface area contributed by atoms with Crippen LogP contribution < -0.4 is 9.80 Å². The Balaban J connectivity index is 2.58. The van der Waals surface area contributed by atoms with E-state index in [1.807, 2.05) is 18.7 Å². The number of hydrogen-bond acceptors (Lipinski definition) is 5. The van der Waals surface area contributed by atoms with Crippen LogP contribution in [-0.2, 0) is 4.79 Å². The minimum absolute atomic E-state index is 0.0272. The zero-order valence-corrected chi connectivity index (χ0v) is 17.5. The number of nitrogens with zero attached hydrogens (tertiary/aromatic N) is 5. The van der Waals surface area contributed by atoms with E-state index in [1.165, 1.54) is 18.5 Å². The Morgan fingerprint density at radius 2 is 1.87 bits per heavy atom. The third-order valence-corrected chi connectivity index (χ3v) is 4.27. The van der Waals surface area contributed by atoms with Gasteiger partial charge < -0.3 is 4.90 Å². The summed E-state index contributed by atoms with van der Waals surface area (Å²) in [5.41, 5.74) is 0.469. The Labute approximate surface area is 180 Å². The molecule has 0 fully saturated rings. The van der Waals surface area contributed by atoms with Crippen LogP contribution >= 0.6 is 0 Å². The van der Waals surface area contributed by atoms with Gasteiger partial charge in [-0.15, -0.1) is 0 Å². The first-order chi connectivity index (χ1) is 14.8. The lowest BCUT2D eigenvalue weighted by atomic mass is 10.2. The van der Waals surface area contributed by atoms with Crippen molar-refractivity contribution < 1.29 is 18.0 Å². The van der Waals surface area contributed by atoms with Gasteiger partial charge in [0.1, 0.15) is 5.69 Å². The Kier molecular flexibility index (Phi) is 8.72. The number of benzene rings is 1. The second-order valence-corrected chi connectivity index (χ2v) is 6.40. The van der Waals surface area contributed by atoms with E-state index in [-0.39, 0.29) is 11.5 Å². The van der Waals surface area contributed by atoms with Gasteiger partial charge in [-0.1, -0.05) is 37.3 Å². The fraction of sp³-hybridized carbons (Fsp3) is 0.318. The molecular weight excluding hydrogens is 407 g/mol. The second-order valence-electron chi connectivity index (χ2n) is 6.40. The molecule has 1 radical (unpaired) electrons. The van der Waals surface area contributed by atoms with Gasteiger partial charge in [-0.05, 0) is 38.3 Å². The highest BCUT2D eigenvalue weighted by Crippen LogP contribution is 2.32. The highest BCUT2D eigenvalue weighted by molar-refractivity contribution is 6.01. The lowest BCUT2D eigenvalue weighted by Crippen LogP contribution is -2.38. The molecule has 9 heteroatoms. The maximum absolute atomic E-state index is 13.3. The summed E-state index contributed by atoms with van der Waals surface area (Å²) in [5.74, 6) is -1.77. The van der Waals surface area contributed by atoms with Crippen molar-refractivity contribution >= 4 is 35.7 Å². The molecule has 1 aromatic heterocycles. The van der Waals surface area contributed by atoms with Gasteiger partial charge in [0, 0.05) is 25.5 Å². The minimum atomic E-state index is -5.09. The number of amides is 1. The van der Waals surface area contributed by atoms with Gasteiger partial charge in [0.05, 0.1) is 6.20 Å². The maximum atomic E-state index is 13.3. The summed E-state index contributed by atoms with van der Waals surface area (Å²) >= 11 is 0. The van der Waals surface area contributed by atoms with Gasteiger partial charge in [0.2, 0.25) is 5.95 Å². The number of carbonyl (C=O) groups is 1. The van der Waals surface area contributed by atoms with Gasteiger partial charge in [0.25, 0.3) is 0 Å². The molecule has 165 valence electrons. The van der Waals surface area contributed by atoms with Crippen molar-refractivity contribution in [3.05, 3.63) is 55.2 Å². The number of hydrogen-bond donors (Lipinski definition) is 0. The van der Waals surface area contributed by atoms with Crippen LogP contribution in [0.15, 0.2) is 47.7 Å². The van der Waals surface area contributed by atoms with Gasteiger partial charge in [-0.3, -0.25) is 9.69 Å². The molecule has 0 bridgehead atoms. The maximum Gasteiger partial charge on any atom is 0.472 e. The van der Waals surface area contributed by atoms with E-state index < -0.39 is 12.1 Å². The summed E-state index contributed by atoms with van der Waals surface area (Å²) in [6, 6.07) is 8.68. The Morgan fingerprint density at radius 3 is 2.45 bits per heavy atom. The van der Waals surface area contributed by atoms with Crippen LogP contribution in [0.1, 0.15) is 32.3 Å². The van der Waals surface area contributed by atoms with Gasteiger partial charge in [-0.25, -0.2) is 9.98 Å². The quantitative estimate of drug-likeness (QED) is 0.511.